The first-order valence-electron chi connectivity index (χ1n) is 3.56. The maximum absolute atomic E-state index is 3.26. The van der Waals surface area contributed by atoms with E-state index in [9.17, 15) is 0 Å². The van der Waals surface area contributed by atoms with E-state index < -0.39 is 0 Å². The quantitative estimate of drug-likeness (QED) is 0.339. The van der Waals surface area contributed by atoms with Crippen LogP contribution in [0.15, 0.2) is 24.3 Å². The van der Waals surface area contributed by atoms with Crippen LogP contribution >= 0.6 is 0 Å². The Morgan fingerprint density at radius 2 is 1.64 bits per heavy atom. The molecule has 1 unspecified atom stereocenters. The summed E-state index contributed by atoms with van der Waals surface area (Å²) in [5, 5.41) is 0. The topological polar surface area (TPSA) is 0 Å². The fourth-order valence-corrected chi connectivity index (χ4v) is 1.34. The molecule has 1 aromatic rings. The molecule has 0 saturated carbocycles. The molecule has 0 heterocycles. The van der Waals surface area contributed by atoms with Crippen LogP contribution in [0.5, 0.6) is 0 Å². The van der Waals surface area contributed by atoms with E-state index >= 15 is 0 Å². The summed E-state index contributed by atoms with van der Waals surface area (Å²) in [6.45, 7) is 2.17. The summed E-state index contributed by atoms with van der Waals surface area (Å²) in [4.78, 5) is 0. The fourth-order valence-electron chi connectivity index (χ4n) is 1.34. The van der Waals surface area contributed by atoms with Crippen LogP contribution in [0.3, 0.4) is 0 Å². The maximum Gasteiger partial charge on any atom is 4.00 e. The summed E-state index contributed by atoms with van der Waals surface area (Å²) in [7, 11) is 0. The van der Waals surface area contributed by atoms with Gasteiger partial charge in [0.25, 0.3) is 0 Å². The van der Waals surface area contributed by atoms with Gasteiger partial charge in [0.2, 0.25) is 0 Å². The minimum absolute atomic E-state index is 0. The van der Waals surface area contributed by atoms with Crippen LogP contribution in [0, 0.1) is 6.08 Å². The standard InChI is InChI=1S/C10H9.3BrH.Zr/c1-8-6-7-9-4-2-3-5-10(8)9;;;;/h2-5,7-8H,1H3;3*1H;/q-1;;;;+4/p-3. The molecule has 4 heteroatoms. The summed E-state index contributed by atoms with van der Waals surface area (Å²) >= 11 is 0. The molecule has 0 N–H and O–H groups in total. The third-order valence-corrected chi connectivity index (χ3v) is 1.95. The van der Waals surface area contributed by atoms with Crippen LogP contribution in [0.1, 0.15) is 24.0 Å². The minimum Gasteiger partial charge on any atom is -1.00 e. The number of fused-ring (bicyclic) bond motifs is 1. The molecular weight excluding hydrogens is 451 g/mol. The SMILES string of the molecule is CC1[C-]=Cc2ccccc21.[Br-].[Br-].[Br-].[Zr+4]. The van der Waals surface area contributed by atoms with Gasteiger partial charge in [0, 0.05) is 0 Å². The molecule has 1 aromatic carbocycles. The molecule has 1 atom stereocenters. The van der Waals surface area contributed by atoms with E-state index in [4.69, 9.17) is 0 Å². The van der Waals surface area contributed by atoms with E-state index in [2.05, 4.69) is 43.3 Å². The molecule has 0 amide bonds. The van der Waals surface area contributed by atoms with Gasteiger partial charge in [0.15, 0.2) is 0 Å². The number of hydrogen-bond acceptors (Lipinski definition) is 0. The fraction of sp³-hybridized carbons (Fsp3) is 0.200. The van der Waals surface area contributed by atoms with Crippen LogP contribution in [0.4, 0.5) is 0 Å². The van der Waals surface area contributed by atoms with Crippen molar-refractivity contribution in [2.45, 2.75) is 12.8 Å². The van der Waals surface area contributed by atoms with Gasteiger partial charge < -0.3 is 50.9 Å². The van der Waals surface area contributed by atoms with Crippen molar-refractivity contribution in [1.82, 2.24) is 0 Å². The molecule has 74 valence electrons. The molecule has 0 bridgehead atoms. The smallest absolute Gasteiger partial charge is 1.00 e. The van der Waals surface area contributed by atoms with Crippen LogP contribution < -0.4 is 50.9 Å². The van der Waals surface area contributed by atoms with Crippen LogP contribution in [-0.4, -0.2) is 0 Å². The first-order chi connectivity index (χ1) is 4.88. The summed E-state index contributed by atoms with van der Waals surface area (Å²) < 4.78 is 0. The number of hydrogen-bond donors (Lipinski definition) is 0. The van der Waals surface area contributed by atoms with Gasteiger partial charge in [0.05, 0.1) is 0 Å². The number of halogens is 3. The van der Waals surface area contributed by atoms with E-state index in [1.807, 2.05) is 0 Å². The Hall–Kier alpha value is 1.28. The molecule has 1 aliphatic carbocycles. The molecule has 0 radical (unpaired) electrons. The monoisotopic (exact) mass is 456 g/mol. The average Bonchev–Trinajstić information content (AvgIpc) is 2.34. The largest absolute Gasteiger partial charge is 4.00 e. The Morgan fingerprint density at radius 1 is 1.07 bits per heavy atom. The van der Waals surface area contributed by atoms with Gasteiger partial charge in [-0.3, -0.25) is 6.08 Å². The molecule has 0 spiro atoms. The Bertz CT molecular complexity index is 286. The third kappa shape index (κ3) is 4.42. The minimum atomic E-state index is 0. The third-order valence-electron chi connectivity index (χ3n) is 1.95. The van der Waals surface area contributed by atoms with Crippen molar-refractivity contribution in [3.63, 3.8) is 0 Å². The summed E-state index contributed by atoms with van der Waals surface area (Å²) in [5.74, 6) is 0.496. The van der Waals surface area contributed by atoms with Crippen molar-refractivity contribution < 1.29 is 77.1 Å². The van der Waals surface area contributed by atoms with Gasteiger partial charge in [-0.1, -0.05) is 31.0 Å². The van der Waals surface area contributed by atoms with Gasteiger partial charge >= 0.3 is 26.2 Å². The Kier molecular flexibility index (Phi) is 14.0. The molecular formula is C10H9Br3Zr. The predicted octanol–water partition coefficient (Wildman–Crippen LogP) is -6.37. The molecule has 0 saturated heterocycles. The molecule has 1 aliphatic rings. The summed E-state index contributed by atoms with van der Waals surface area (Å²) in [6, 6.07) is 8.44. The molecule has 0 aliphatic heterocycles. The van der Waals surface area contributed by atoms with Crippen molar-refractivity contribution in [1.29, 1.82) is 0 Å². The second kappa shape index (κ2) is 9.50. The van der Waals surface area contributed by atoms with E-state index in [0.717, 1.165) is 0 Å². The van der Waals surface area contributed by atoms with Gasteiger partial charge in [-0.25, -0.2) is 6.08 Å². The zero-order chi connectivity index (χ0) is 6.97. The first kappa shape index (κ1) is 20.7. The van der Waals surface area contributed by atoms with Crippen LogP contribution in [-0.2, 0) is 26.2 Å². The molecule has 0 nitrogen and oxygen atoms in total. The predicted molar refractivity (Wildman–Crippen MR) is 42.6 cm³/mol. The van der Waals surface area contributed by atoms with Crippen molar-refractivity contribution in [2.75, 3.05) is 0 Å². The average molecular weight is 460 g/mol. The Labute approximate surface area is 136 Å². The number of rotatable bonds is 0. The second-order valence-corrected chi connectivity index (χ2v) is 2.66. The normalized spacial score (nSPS) is 15.1. The molecule has 0 fully saturated rings. The van der Waals surface area contributed by atoms with Gasteiger partial charge in [-0.2, -0.15) is 5.56 Å². The maximum atomic E-state index is 3.26. The Morgan fingerprint density at radius 3 is 2.21 bits per heavy atom. The Balaban J connectivity index is -0.000000302. The van der Waals surface area contributed by atoms with Crippen molar-refractivity contribution in [3.05, 3.63) is 41.5 Å². The molecule has 0 aromatic heterocycles. The summed E-state index contributed by atoms with van der Waals surface area (Å²) in [5.41, 5.74) is 2.73. The second-order valence-electron chi connectivity index (χ2n) is 2.66. The number of allylic oxidation sites excluding steroid dienone is 1. The summed E-state index contributed by atoms with van der Waals surface area (Å²) in [6.07, 6.45) is 5.33. The van der Waals surface area contributed by atoms with Gasteiger partial charge in [-0.05, 0) is 0 Å². The van der Waals surface area contributed by atoms with E-state index in [-0.39, 0.29) is 77.1 Å². The zero-order valence-electron chi connectivity index (χ0n) is 7.60. The van der Waals surface area contributed by atoms with E-state index in [1.165, 1.54) is 11.1 Å². The molecule has 2 rings (SSSR count). The van der Waals surface area contributed by atoms with Crippen LogP contribution in [0.2, 0.25) is 0 Å². The van der Waals surface area contributed by atoms with Gasteiger partial charge in [0.1, 0.15) is 0 Å². The first-order valence-corrected chi connectivity index (χ1v) is 3.56. The molecule has 14 heavy (non-hydrogen) atoms. The van der Waals surface area contributed by atoms with E-state index in [0.29, 0.717) is 5.92 Å². The zero-order valence-corrected chi connectivity index (χ0v) is 14.8. The van der Waals surface area contributed by atoms with Crippen molar-refractivity contribution in [2.24, 2.45) is 0 Å². The van der Waals surface area contributed by atoms with Crippen molar-refractivity contribution in [3.8, 4) is 0 Å². The van der Waals surface area contributed by atoms with E-state index in [1.54, 1.807) is 0 Å². The van der Waals surface area contributed by atoms with Crippen molar-refractivity contribution >= 4 is 6.08 Å². The van der Waals surface area contributed by atoms with Gasteiger partial charge in [-0.15, -0.1) is 11.6 Å². The number of benzene rings is 1. The van der Waals surface area contributed by atoms with Crippen LogP contribution in [0.25, 0.3) is 6.08 Å².